The largest absolute Gasteiger partial charge is 0.493 e. The Hall–Kier alpha value is -2.96. The summed E-state index contributed by atoms with van der Waals surface area (Å²) in [4.78, 5) is 20.9. The molecule has 0 amide bonds. The van der Waals surface area contributed by atoms with Crippen molar-refractivity contribution in [1.82, 2.24) is 0 Å². The number of nitrogens with zero attached hydrogens (tertiary/aromatic N) is 1. The van der Waals surface area contributed by atoms with Crippen molar-refractivity contribution in [1.29, 1.82) is 0 Å². The van der Waals surface area contributed by atoms with E-state index in [2.05, 4.69) is 0 Å². The zero-order chi connectivity index (χ0) is 15.4. The average Bonchev–Trinajstić information content (AvgIpc) is 2.46. The van der Waals surface area contributed by atoms with Crippen LogP contribution in [-0.2, 0) is 0 Å². The van der Waals surface area contributed by atoms with Crippen LogP contribution >= 0.6 is 0 Å². The van der Waals surface area contributed by atoms with Gasteiger partial charge in [-0.05, 0) is 18.2 Å². The predicted octanol–water partition coefficient (Wildman–Crippen LogP) is 3.35. The molecule has 6 nitrogen and oxygen atoms in total. The van der Waals surface area contributed by atoms with Gasteiger partial charge in [0.1, 0.15) is 17.9 Å². The quantitative estimate of drug-likeness (QED) is 0.479. The number of methoxy groups -OCH3 is 1. The van der Waals surface area contributed by atoms with Gasteiger partial charge >= 0.3 is 0 Å². The van der Waals surface area contributed by atoms with E-state index < -0.39 is 10.7 Å². The minimum atomic E-state index is -0.654. The van der Waals surface area contributed by atoms with E-state index in [0.717, 1.165) is 18.2 Å². The zero-order valence-electron chi connectivity index (χ0n) is 10.9. The molecule has 0 aromatic heterocycles. The van der Waals surface area contributed by atoms with Crippen LogP contribution in [0, 0.1) is 15.9 Å². The smallest absolute Gasteiger partial charge is 0.273 e. The molecule has 2 aromatic carbocycles. The molecule has 21 heavy (non-hydrogen) atoms. The Morgan fingerprint density at radius 2 is 1.95 bits per heavy atom. The number of aldehydes is 1. The average molecular weight is 291 g/mol. The summed E-state index contributed by atoms with van der Waals surface area (Å²) in [7, 11) is 1.37. The minimum absolute atomic E-state index is 0.0379. The van der Waals surface area contributed by atoms with Crippen molar-refractivity contribution < 1.29 is 23.6 Å². The summed E-state index contributed by atoms with van der Waals surface area (Å²) in [6.45, 7) is 0. The molecule has 2 aromatic rings. The molecule has 0 aliphatic carbocycles. The van der Waals surface area contributed by atoms with Crippen molar-refractivity contribution in [3.05, 3.63) is 57.9 Å². The summed E-state index contributed by atoms with van der Waals surface area (Å²) in [6, 6.07) is 7.20. The van der Waals surface area contributed by atoms with E-state index in [-0.39, 0.29) is 28.5 Å². The van der Waals surface area contributed by atoms with Crippen LogP contribution < -0.4 is 9.47 Å². The Labute approximate surface area is 118 Å². The number of hydrogen-bond acceptors (Lipinski definition) is 5. The first-order valence-electron chi connectivity index (χ1n) is 5.79. The normalized spacial score (nSPS) is 10.0. The minimum Gasteiger partial charge on any atom is -0.493 e. The SMILES string of the molecule is COc1ccc([N+](=O)[O-])cc1Oc1cc(F)cc(C=O)c1. The fourth-order valence-corrected chi connectivity index (χ4v) is 1.70. The molecule has 0 aliphatic heterocycles. The number of benzene rings is 2. The molecule has 0 atom stereocenters. The van der Waals surface area contributed by atoms with E-state index in [4.69, 9.17) is 9.47 Å². The molecule has 0 bridgehead atoms. The highest BCUT2D eigenvalue weighted by atomic mass is 19.1. The maximum absolute atomic E-state index is 13.3. The van der Waals surface area contributed by atoms with Crippen molar-refractivity contribution >= 4 is 12.0 Å². The van der Waals surface area contributed by atoms with Crippen molar-refractivity contribution in [3.63, 3.8) is 0 Å². The van der Waals surface area contributed by atoms with Gasteiger partial charge in [0.05, 0.1) is 18.1 Å². The van der Waals surface area contributed by atoms with E-state index in [9.17, 15) is 19.3 Å². The summed E-state index contributed by atoms with van der Waals surface area (Å²) in [5, 5.41) is 10.8. The third kappa shape index (κ3) is 3.33. The molecule has 2 rings (SSSR count). The van der Waals surface area contributed by atoms with Gasteiger partial charge in [-0.2, -0.15) is 0 Å². The van der Waals surface area contributed by atoms with Gasteiger partial charge in [-0.15, -0.1) is 0 Å². The lowest BCUT2D eigenvalue weighted by atomic mass is 10.2. The highest BCUT2D eigenvalue weighted by Gasteiger charge is 2.14. The second-order valence-electron chi connectivity index (χ2n) is 4.03. The lowest BCUT2D eigenvalue weighted by Gasteiger charge is -2.10. The first-order chi connectivity index (χ1) is 10.0. The Morgan fingerprint density at radius 1 is 1.19 bits per heavy atom. The Balaban J connectivity index is 2.42. The molecular weight excluding hydrogens is 281 g/mol. The molecule has 108 valence electrons. The van der Waals surface area contributed by atoms with Crippen LogP contribution in [0.5, 0.6) is 17.2 Å². The van der Waals surface area contributed by atoms with Gasteiger partial charge in [-0.3, -0.25) is 14.9 Å². The monoisotopic (exact) mass is 291 g/mol. The van der Waals surface area contributed by atoms with Gasteiger partial charge in [0.25, 0.3) is 5.69 Å². The second kappa shape index (κ2) is 6.00. The van der Waals surface area contributed by atoms with Crippen LogP contribution in [0.4, 0.5) is 10.1 Å². The summed E-state index contributed by atoms with van der Waals surface area (Å²) in [6.07, 6.45) is 0.473. The Morgan fingerprint density at radius 3 is 2.57 bits per heavy atom. The number of carbonyl (C=O) groups is 1. The van der Waals surface area contributed by atoms with Crippen LogP contribution in [0.1, 0.15) is 10.4 Å². The standard InChI is InChI=1S/C14H10FNO5/c1-20-13-3-2-11(16(18)19)7-14(13)21-12-5-9(8-17)4-10(15)6-12/h2-8H,1H3. The molecule has 0 spiro atoms. The van der Waals surface area contributed by atoms with Crippen LogP contribution in [0.3, 0.4) is 0 Å². The Bertz CT molecular complexity index is 702. The van der Waals surface area contributed by atoms with E-state index in [1.54, 1.807) is 0 Å². The second-order valence-corrected chi connectivity index (χ2v) is 4.03. The third-order valence-corrected chi connectivity index (χ3v) is 2.62. The maximum Gasteiger partial charge on any atom is 0.273 e. The Kier molecular flexibility index (Phi) is 4.13. The molecule has 0 N–H and O–H groups in total. The first kappa shape index (κ1) is 14.4. The number of rotatable bonds is 5. The molecule has 0 fully saturated rings. The van der Waals surface area contributed by atoms with Gasteiger partial charge in [-0.1, -0.05) is 0 Å². The number of carbonyl (C=O) groups excluding carboxylic acids is 1. The van der Waals surface area contributed by atoms with Crippen LogP contribution in [-0.4, -0.2) is 18.3 Å². The fourth-order valence-electron chi connectivity index (χ4n) is 1.70. The number of hydrogen-bond donors (Lipinski definition) is 0. The molecule has 7 heteroatoms. The van der Waals surface area contributed by atoms with E-state index in [0.29, 0.717) is 6.29 Å². The number of ether oxygens (including phenoxy) is 2. The van der Waals surface area contributed by atoms with Gasteiger partial charge in [-0.25, -0.2) is 4.39 Å². The predicted molar refractivity (Wildman–Crippen MR) is 71.5 cm³/mol. The highest BCUT2D eigenvalue weighted by molar-refractivity contribution is 5.75. The van der Waals surface area contributed by atoms with Crippen molar-refractivity contribution in [3.8, 4) is 17.2 Å². The number of nitro benzene ring substituents is 1. The van der Waals surface area contributed by atoms with Crippen LogP contribution in [0.25, 0.3) is 0 Å². The van der Waals surface area contributed by atoms with Gasteiger partial charge in [0.2, 0.25) is 0 Å². The maximum atomic E-state index is 13.3. The molecule has 0 saturated carbocycles. The summed E-state index contributed by atoms with van der Waals surface area (Å²) in [5.74, 6) is -0.318. The lowest BCUT2D eigenvalue weighted by Crippen LogP contribution is -1.94. The van der Waals surface area contributed by atoms with E-state index in [1.807, 2.05) is 0 Å². The van der Waals surface area contributed by atoms with Gasteiger partial charge in [0, 0.05) is 17.7 Å². The highest BCUT2D eigenvalue weighted by Crippen LogP contribution is 2.35. The third-order valence-electron chi connectivity index (χ3n) is 2.62. The first-order valence-corrected chi connectivity index (χ1v) is 5.79. The van der Waals surface area contributed by atoms with Crippen LogP contribution in [0.15, 0.2) is 36.4 Å². The molecule has 0 unspecified atom stereocenters. The number of nitro groups is 1. The van der Waals surface area contributed by atoms with Gasteiger partial charge in [0.15, 0.2) is 11.5 Å². The van der Waals surface area contributed by atoms with E-state index in [1.165, 1.54) is 25.3 Å². The van der Waals surface area contributed by atoms with Gasteiger partial charge < -0.3 is 9.47 Å². The van der Waals surface area contributed by atoms with Crippen molar-refractivity contribution in [2.45, 2.75) is 0 Å². The molecule has 0 saturated heterocycles. The van der Waals surface area contributed by atoms with Crippen molar-refractivity contribution in [2.75, 3.05) is 7.11 Å². The molecule has 0 heterocycles. The molecule has 0 aliphatic rings. The zero-order valence-corrected chi connectivity index (χ0v) is 10.9. The summed E-state index contributed by atoms with van der Waals surface area (Å²) in [5.41, 5.74) is -0.104. The summed E-state index contributed by atoms with van der Waals surface area (Å²) < 4.78 is 23.7. The van der Waals surface area contributed by atoms with Crippen molar-refractivity contribution in [2.24, 2.45) is 0 Å². The lowest BCUT2D eigenvalue weighted by molar-refractivity contribution is -0.384. The fraction of sp³-hybridized carbons (Fsp3) is 0.0714. The molecular formula is C14H10FNO5. The number of non-ortho nitro benzene ring substituents is 1. The topological polar surface area (TPSA) is 78.7 Å². The summed E-state index contributed by atoms with van der Waals surface area (Å²) >= 11 is 0. The molecule has 0 radical (unpaired) electrons. The number of halogens is 1. The van der Waals surface area contributed by atoms with Crippen LogP contribution in [0.2, 0.25) is 0 Å². The van der Waals surface area contributed by atoms with E-state index >= 15 is 0 Å².